The number of aromatic nitrogens is 2. The largest absolute Gasteiger partial charge is 0.342 e. The summed E-state index contributed by atoms with van der Waals surface area (Å²) in [5.41, 5.74) is 1.46. The second kappa shape index (κ2) is 6.76. The van der Waals surface area contributed by atoms with Gasteiger partial charge in [-0.2, -0.15) is 4.31 Å². The molecule has 1 saturated heterocycles. The molecule has 0 aliphatic carbocycles. The van der Waals surface area contributed by atoms with Crippen LogP contribution in [0.2, 0.25) is 0 Å². The number of hydrogen-bond acceptors (Lipinski definition) is 4. The number of nitrogens with one attached hydrogen (secondary N) is 1. The van der Waals surface area contributed by atoms with Gasteiger partial charge >= 0.3 is 0 Å². The van der Waals surface area contributed by atoms with Crippen molar-refractivity contribution in [1.29, 1.82) is 0 Å². The molecule has 7 nitrogen and oxygen atoms in total. The zero-order valence-electron chi connectivity index (χ0n) is 14.8. The maximum atomic E-state index is 13.0. The Labute approximate surface area is 148 Å². The summed E-state index contributed by atoms with van der Waals surface area (Å²) in [7, 11) is -3.59. The van der Waals surface area contributed by atoms with E-state index in [1.54, 1.807) is 23.1 Å². The van der Waals surface area contributed by atoms with Crippen molar-refractivity contribution in [3.63, 3.8) is 0 Å². The number of fused-ring (bicyclic) bond motifs is 1. The van der Waals surface area contributed by atoms with Crippen LogP contribution in [0.5, 0.6) is 0 Å². The lowest BCUT2D eigenvalue weighted by Crippen LogP contribution is -2.38. The fourth-order valence-corrected chi connectivity index (χ4v) is 4.64. The van der Waals surface area contributed by atoms with Gasteiger partial charge in [-0.15, -0.1) is 0 Å². The van der Waals surface area contributed by atoms with Gasteiger partial charge in [0, 0.05) is 32.1 Å². The van der Waals surface area contributed by atoms with Crippen LogP contribution in [0.1, 0.15) is 26.1 Å². The van der Waals surface area contributed by atoms with Crippen LogP contribution >= 0.6 is 0 Å². The van der Waals surface area contributed by atoms with E-state index >= 15 is 0 Å². The van der Waals surface area contributed by atoms with Crippen LogP contribution < -0.4 is 0 Å². The minimum atomic E-state index is -3.59. The van der Waals surface area contributed by atoms with Gasteiger partial charge in [0.2, 0.25) is 15.9 Å². The Bertz CT molecular complexity index is 888. The molecule has 1 aromatic heterocycles. The summed E-state index contributed by atoms with van der Waals surface area (Å²) < 4.78 is 27.5. The van der Waals surface area contributed by atoms with E-state index < -0.39 is 10.0 Å². The van der Waals surface area contributed by atoms with Gasteiger partial charge in [-0.3, -0.25) is 4.79 Å². The topological polar surface area (TPSA) is 86.4 Å². The highest BCUT2D eigenvalue weighted by Crippen LogP contribution is 2.22. The van der Waals surface area contributed by atoms with Crippen molar-refractivity contribution in [1.82, 2.24) is 19.2 Å². The number of amides is 1. The summed E-state index contributed by atoms with van der Waals surface area (Å²) in [5, 5.41) is 0. The third kappa shape index (κ3) is 3.55. The number of aromatic amines is 1. The lowest BCUT2D eigenvalue weighted by molar-refractivity contribution is -0.134. The van der Waals surface area contributed by atoms with Crippen LogP contribution in [0.25, 0.3) is 11.0 Å². The molecule has 3 rings (SSSR count). The lowest BCUT2D eigenvalue weighted by Gasteiger charge is -2.23. The van der Waals surface area contributed by atoms with E-state index in [0.717, 1.165) is 11.3 Å². The Morgan fingerprint density at radius 2 is 1.96 bits per heavy atom. The third-order valence-corrected chi connectivity index (χ3v) is 6.36. The molecule has 1 aromatic carbocycles. The second-order valence-corrected chi connectivity index (χ2v) is 8.68. The Morgan fingerprint density at radius 1 is 1.20 bits per heavy atom. The van der Waals surface area contributed by atoms with Gasteiger partial charge in [-0.05, 0) is 31.5 Å². The van der Waals surface area contributed by atoms with Crippen LogP contribution in [0.3, 0.4) is 0 Å². The van der Waals surface area contributed by atoms with E-state index in [4.69, 9.17) is 0 Å². The normalized spacial score (nSPS) is 17.2. The SMILES string of the molecule is Cc1nc2ccc(S(=O)(=O)N3CCCN(C(=O)C(C)C)CC3)cc2[nH]1. The molecule has 25 heavy (non-hydrogen) atoms. The van der Waals surface area contributed by atoms with Gasteiger partial charge in [-0.25, -0.2) is 13.4 Å². The fraction of sp³-hybridized carbons (Fsp3) is 0.529. The molecule has 0 radical (unpaired) electrons. The van der Waals surface area contributed by atoms with E-state index in [1.807, 2.05) is 20.8 Å². The number of imidazole rings is 1. The standard InChI is InChI=1S/C17H24N4O3S/c1-12(2)17(22)20-7-4-8-21(10-9-20)25(23,24)14-5-6-15-16(11-14)19-13(3)18-15/h5-6,11-12H,4,7-10H2,1-3H3,(H,18,19). The Morgan fingerprint density at radius 3 is 2.68 bits per heavy atom. The average Bonchev–Trinajstić information content (AvgIpc) is 2.77. The van der Waals surface area contributed by atoms with Crippen LogP contribution in [-0.2, 0) is 14.8 Å². The van der Waals surface area contributed by atoms with Gasteiger partial charge in [-0.1, -0.05) is 13.8 Å². The minimum absolute atomic E-state index is 0.0748. The van der Waals surface area contributed by atoms with E-state index in [0.29, 0.717) is 38.1 Å². The van der Waals surface area contributed by atoms with Crippen molar-refractivity contribution in [2.75, 3.05) is 26.2 Å². The van der Waals surface area contributed by atoms with Crippen molar-refractivity contribution in [3.8, 4) is 0 Å². The zero-order valence-corrected chi connectivity index (χ0v) is 15.6. The first-order valence-electron chi connectivity index (χ1n) is 8.54. The summed E-state index contributed by atoms with van der Waals surface area (Å²) in [6, 6.07) is 4.95. The number of carbonyl (C=O) groups excluding carboxylic acids is 1. The molecule has 1 fully saturated rings. The molecular formula is C17H24N4O3S. The quantitative estimate of drug-likeness (QED) is 0.899. The van der Waals surface area contributed by atoms with Crippen molar-refractivity contribution in [2.45, 2.75) is 32.1 Å². The fourth-order valence-electron chi connectivity index (χ4n) is 3.15. The first-order valence-corrected chi connectivity index (χ1v) is 9.98. The van der Waals surface area contributed by atoms with Crippen LogP contribution in [0.15, 0.2) is 23.1 Å². The average molecular weight is 364 g/mol. The first-order chi connectivity index (χ1) is 11.8. The molecule has 0 spiro atoms. The maximum Gasteiger partial charge on any atom is 0.243 e. The monoisotopic (exact) mass is 364 g/mol. The maximum absolute atomic E-state index is 13.0. The molecule has 136 valence electrons. The molecule has 0 atom stereocenters. The van der Waals surface area contributed by atoms with Crippen molar-refractivity contribution in [2.24, 2.45) is 5.92 Å². The second-order valence-electron chi connectivity index (χ2n) is 6.74. The Balaban J connectivity index is 1.82. The van der Waals surface area contributed by atoms with Gasteiger partial charge in [0.15, 0.2) is 0 Å². The molecule has 0 bridgehead atoms. The molecule has 1 aliphatic heterocycles. The number of benzene rings is 1. The van der Waals surface area contributed by atoms with E-state index in [-0.39, 0.29) is 16.7 Å². The van der Waals surface area contributed by atoms with Crippen molar-refractivity contribution in [3.05, 3.63) is 24.0 Å². The molecule has 1 aliphatic rings. The van der Waals surface area contributed by atoms with Gasteiger partial charge in [0.05, 0.1) is 15.9 Å². The Kier molecular flexibility index (Phi) is 4.83. The molecule has 2 heterocycles. The molecule has 2 aromatic rings. The predicted octanol–water partition coefficient (Wildman–Crippen LogP) is 1.75. The highest BCUT2D eigenvalue weighted by molar-refractivity contribution is 7.89. The number of H-pyrrole nitrogens is 1. The molecule has 0 saturated carbocycles. The first kappa shape index (κ1) is 17.9. The van der Waals surface area contributed by atoms with Crippen molar-refractivity contribution >= 4 is 27.0 Å². The van der Waals surface area contributed by atoms with Gasteiger partial charge in [0.25, 0.3) is 0 Å². The number of carbonyl (C=O) groups is 1. The molecular weight excluding hydrogens is 340 g/mol. The van der Waals surface area contributed by atoms with Crippen LogP contribution in [0, 0.1) is 12.8 Å². The molecule has 0 unspecified atom stereocenters. The smallest absolute Gasteiger partial charge is 0.243 e. The summed E-state index contributed by atoms with van der Waals surface area (Å²) in [6.07, 6.45) is 0.642. The third-order valence-electron chi connectivity index (χ3n) is 4.47. The van der Waals surface area contributed by atoms with Gasteiger partial charge < -0.3 is 9.88 Å². The van der Waals surface area contributed by atoms with Crippen molar-refractivity contribution < 1.29 is 13.2 Å². The molecule has 1 amide bonds. The summed E-state index contributed by atoms with van der Waals surface area (Å²) in [4.78, 5) is 21.6. The van der Waals surface area contributed by atoms with Crippen LogP contribution in [-0.4, -0.2) is 59.7 Å². The van der Waals surface area contributed by atoms with Gasteiger partial charge in [0.1, 0.15) is 5.82 Å². The van der Waals surface area contributed by atoms with E-state index in [2.05, 4.69) is 9.97 Å². The zero-order chi connectivity index (χ0) is 18.2. The van der Waals surface area contributed by atoms with E-state index in [9.17, 15) is 13.2 Å². The summed E-state index contributed by atoms with van der Waals surface area (Å²) in [6.45, 7) is 7.34. The number of aryl methyl sites for hydroxylation is 1. The number of rotatable bonds is 3. The highest BCUT2D eigenvalue weighted by atomic mass is 32.2. The number of hydrogen-bond donors (Lipinski definition) is 1. The Hall–Kier alpha value is -1.93. The van der Waals surface area contributed by atoms with Crippen LogP contribution in [0.4, 0.5) is 0 Å². The minimum Gasteiger partial charge on any atom is -0.342 e. The molecule has 1 N–H and O–H groups in total. The highest BCUT2D eigenvalue weighted by Gasteiger charge is 2.29. The lowest BCUT2D eigenvalue weighted by atomic mass is 10.2. The predicted molar refractivity (Wildman–Crippen MR) is 95.6 cm³/mol. The van der Waals surface area contributed by atoms with E-state index in [1.165, 1.54) is 4.31 Å². The number of sulfonamides is 1. The summed E-state index contributed by atoms with van der Waals surface area (Å²) in [5.74, 6) is 0.755. The molecule has 8 heteroatoms. The summed E-state index contributed by atoms with van der Waals surface area (Å²) >= 11 is 0. The number of nitrogens with zero attached hydrogens (tertiary/aromatic N) is 3.